The molecule has 1 amide bonds. The number of hydrogen-bond donors (Lipinski definition) is 2. The minimum atomic E-state index is -0.112. The first-order valence-electron chi connectivity index (χ1n) is 11.6. The highest BCUT2D eigenvalue weighted by Gasteiger charge is 2.21. The molecule has 3 aromatic rings. The number of nitrogens with one attached hydrogen (secondary N) is 2. The van der Waals surface area contributed by atoms with E-state index in [-0.39, 0.29) is 12.0 Å². The molecule has 2 aliphatic rings. The lowest BCUT2D eigenvalue weighted by atomic mass is 10.1. The van der Waals surface area contributed by atoms with E-state index in [2.05, 4.69) is 38.9 Å². The summed E-state index contributed by atoms with van der Waals surface area (Å²) in [5.74, 6) is 0.755. The summed E-state index contributed by atoms with van der Waals surface area (Å²) >= 11 is 0. The van der Waals surface area contributed by atoms with Gasteiger partial charge in [-0.25, -0.2) is 4.98 Å². The van der Waals surface area contributed by atoms with Crippen LogP contribution in [-0.4, -0.2) is 59.6 Å². The average molecular weight is 434 g/mol. The third-order valence-corrected chi connectivity index (χ3v) is 6.53. The van der Waals surface area contributed by atoms with E-state index in [4.69, 9.17) is 4.74 Å². The van der Waals surface area contributed by atoms with Gasteiger partial charge in [0.05, 0.1) is 11.0 Å². The smallest absolute Gasteiger partial charge is 0.255 e. The van der Waals surface area contributed by atoms with Crippen molar-refractivity contribution in [3.63, 3.8) is 0 Å². The highest BCUT2D eigenvalue weighted by molar-refractivity contribution is 6.05. The molecule has 7 nitrogen and oxygen atoms in total. The van der Waals surface area contributed by atoms with Crippen LogP contribution in [0.4, 0.5) is 11.4 Å². The average Bonchev–Trinajstić information content (AvgIpc) is 3.49. The number of anilines is 2. The molecule has 7 heteroatoms. The Morgan fingerprint density at radius 1 is 1.12 bits per heavy atom. The first kappa shape index (κ1) is 21.0. The zero-order valence-corrected chi connectivity index (χ0v) is 18.8. The summed E-state index contributed by atoms with van der Waals surface area (Å²) in [6.45, 7) is 9.46. The molecule has 3 heterocycles. The highest BCUT2D eigenvalue weighted by Crippen LogP contribution is 2.29. The van der Waals surface area contributed by atoms with Crippen LogP contribution in [0.25, 0.3) is 11.0 Å². The zero-order valence-electron chi connectivity index (χ0n) is 18.8. The molecule has 32 heavy (non-hydrogen) atoms. The Hall–Kier alpha value is -2.90. The third kappa shape index (κ3) is 4.36. The van der Waals surface area contributed by atoms with Crippen molar-refractivity contribution in [3.8, 4) is 0 Å². The van der Waals surface area contributed by atoms with Crippen LogP contribution in [0, 0.1) is 0 Å². The van der Waals surface area contributed by atoms with Crippen LogP contribution < -0.4 is 10.2 Å². The number of hydrogen-bond acceptors (Lipinski definition) is 5. The van der Waals surface area contributed by atoms with Crippen molar-refractivity contribution in [1.82, 2.24) is 14.9 Å². The van der Waals surface area contributed by atoms with Gasteiger partial charge in [-0.1, -0.05) is 0 Å². The molecule has 2 saturated heterocycles. The fraction of sp³-hybridized carbons (Fsp3) is 0.440. The molecule has 2 fully saturated rings. The number of rotatable bonds is 5. The largest absolute Gasteiger partial charge is 0.370 e. The van der Waals surface area contributed by atoms with Gasteiger partial charge in [0.25, 0.3) is 5.91 Å². The van der Waals surface area contributed by atoms with E-state index < -0.39 is 0 Å². The number of fused-ring (bicyclic) bond motifs is 1. The maximum atomic E-state index is 12.8. The van der Waals surface area contributed by atoms with Gasteiger partial charge in [0.1, 0.15) is 11.9 Å². The number of aromatic nitrogens is 2. The van der Waals surface area contributed by atoms with Gasteiger partial charge in [-0.2, -0.15) is 0 Å². The van der Waals surface area contributed by atoms with Gasteiger partial charge >= 0.3 is 0 Å². The van der Waals surface area contributed by atoms with Crippen LogP contribution >= 0.6 is 0 Å². The molecule has 168 valence electrons. The van der Waals surface area contributed by atoms with E-state index in [0.717, 1.165) is 68.2 Å². The van der Waals surface area contributed by atoms with Crippen molar-refractivity contribution >= 4 is 28.3 Å². The lowest BCUT2D eigenvalue weighted by molar-refractivity contribution is 0.102. The summed E-state index contributed by atoms with van der Waals surface area (Å²) in [6.07, 6.45) is 2.11. The van der Waals surface area contributed by atoms with E-state index in [1.54, 1.807) is 0 Å². The summed E-state index contributed by atoms with van der Waals surface area (Å²) in [4.78, 5) is 25.7. The van der Waals surface area contributed by atoms with Crippen molar-refractivity contribution in [2.45, 2.75) is 38.8 Å². The highest BCUT2D eigenvalue weighted by atomic mass is 16.5. The number of benzene rings is 2. The number of H-pyrrole nitrogens is 1. The Morgan fingerprint density at radius 2 is 1.91 bits per heavy atom. The summed E-state index contributed by atoms with van der Waals surface area (Å²) in [6, 6.07) is 14.3. The molecule has 1 unspecified atom stereocenters. The van der Waals surface area contributed by atoms with Crippen LogP contribution in [-0.2, 0) is 4.74 Å². The van der Waals surface area contributed by atoms with Gasteiger partial charge < -0.3 is 19.9 Å². The molecule has 1 aromatic heterocycles. The number of imidazole rings is 1. The number of piperazine rings is 1. The minimum absolute atomic E-state index is 0.0484. The zero-order chi connectivity index (χ0) is 22.1. The monoisotopic (exact) mass is 433 g/mol. The van der Waals surface area contributed by atoms with E-state index in [1.807, 2.05) is 42.5 Å². The predicted molar refractivity (Wildman–Crippen MR) is 127 cm³/mol. The molecule has 0 spiro atoms. The quantitative estimate of drug-likeness (QED) is 0.631. The van der Waals surface area contributed by atoms with Crippen molar-refractivity contribution < 1.29 is 9.53 Å². The van der Waals surface area contributed by atoms with Crippen LogP contribution in [0.2, 0.25) is 0 Å². The van der Waals surface area contributed by atoms with Gasteiger partial charge in [0, 0.05) is 55.8 Å². The molecule has 2 N–H and O–H groups in total. The van der Waals surface area contributed by atoms with Gasteiger partial charge in [-0.15, -0.1) is 0 Å². The molecule has 0 aliphatic carbocycles. The normalized spacial score (nSPS) is 19.7. The van der Waals surface area contributed by atoms with Crippen LogP contribution in [0.1, 0.15) is 49.0 Å². The second kappa shape index (κ2) is 8.92. The Labute approximate surface area is 188 Å². The number of ether oxygens (including phenoxy) is 1. The van der Waals surface area contributed by atoms with E-state index in [9.17, 15) is 4.79 Å². The second-order valence-corrected chi connectivity index (χ2v) is 8.97. The molecule has 0 radical (unpaired) electrons. The van der Waals surface area contributed by atoms with Gasteiger partial charge in [0.2, 0.25) is 0 Å². The van der Waals surface area contributed by atoms with Gasteiger partial charge in [0.15, 0.2) is 0 Å². The molecule has 5 rings (SSSR count). The molecule has 1 atom stereocenters. The minimum Gasteiger partial charge on any atom is -0.370 e. The summed E-state index contributed by atoms with van der Waals surface area (Å²) in [5.41, 5.74) is 4.36. The summed E-state index contributed by atoms with van der Waals surface area (Å²) in [7, 11) is 0. The molecular weight excluding hydrogens is 402 g/mol. The number of aromatic amines is 1. The Morgan fingerprint density at radius 3 is 2.59 bits per heavy atom. The Balaban J connectivity index is 1.23. The van der Waals surface area contributed by atoms with Crippen LogP contribution in [0.5, 0.6) is 0 Å². The van der Waals surface area contributed by atoms with Crippen molar-refractivity contribution in [3.05, 3.63) is 53.9 Å². The maximum absolute atomic E-state index is 12.8. The lowest BCUT2D eigenvalue weighted by Crippen LogP contribution is -2.48. The first-order valence-corrected chi connectivity index (χ1v) is 11.6. The first-order chi connectivity index (χ1) is 15.6. The molecule has 0 saturated carbocycles. The predicted octanol–water partition coefficient (Wildman–Crippen LogP) is 4.20. The van der Waals surface area contributed by atoms with E-state index >= 15 is 0 Å². The van der Waals surface area contributed by atoms with Gasteiger partial charge in [-0.3, -0.25) is 9.69 Å². The topological polar surface area (TPSA) is 73.5 Å². The number of nitrogens with zero attached hydrogens (tertiary/aromatic N) is 3. The molecule has 0 bridgehead atoms. The SMILES string of the molecule is CC(C)N1CCN(c2ccc(C(=O)Nc3ccc4nc(C5CCCO5)[nH]c4c3)cc2)CC1. The lowest BCUT2D eigenvalue weighted by Gasteiger charge is -2.38. The molecular formula is C25H31N5O2. The third-order valence-electron chi connectivity index (χ3n) is 6.53. The molecule has 2 aliphatic heterocycles. The van der Waals surface area contributed by atoms with Gasteiger partial charge in [-0.05, 0) is 69.2 Å². The number of amides is 1. The van der Waals surface area contributed by atoms with Crippen LogP contribution in [0.15, 0.2) is 42.5 Å². The van der Waals surface area contributed by atoms with E-state index in [1.165, 1.54) is 5.69 Å². The molecule has 2 aromatic carbocycles. The maximum Gasteiger partial charge on any atom is 0.255 e. The van der Waals surface area contributed by atoms with Crippen molar-refractivity contribution in [2.75, 3.05) is 43.0 Å². The second-order valence-electron chi connectivity index (χ2n) is 8.97. The van der Waals surface area contributed by atoms with Crippen LogP contribution in [0.3, 0.4) is 0 Å². The van der Waals surface area contributed by atoms with Crippen molar-refractivity contribution in [2.24, 2.45) is 0 Å². The fourth-order valence-corrected chi connectivity index (χ4v) is 4.58. The standard InChI is InChI=1S/C25H31N5O2/c1-17(2)29-11-13-30(14-12-29)20-8-5-18(6-9-20)25(31)26-19-7-10-21-22(16-19)28-24(27-21)23-4-3-15-32-23/h5-10,16-17,23H,3-4,11-15H2,1-2H3,(H,26,31)(H,27,28). The summed E-state index contributed by atoms with van der Waals surface area (Å²) in [5, 5.41) is 3.01. The summed E-state index contributed by atoms with van der Waals surface area (Å²) < 4.78 is 5.72. The fourth-order valence-electron chi connectivity index (χ4n) is 4.58. The van der Waals surface area contributed by atoms with Crippen molar-refractivity contribution in [1.29, 1.82) is 0 Å². The van der Waals surface area contributed by atoms with E-state index in [0.29, 0.717) is 11.6 Å². The Bertz CT molecular complexity index is 1080. The number of carbonyl (C=O) groups excluding carboxylic acids is 1. The Kier molecular flexibility index (Phi) is 5.85. The number of carbonyl (C=O) groups is 1.